The van der Waals surface area contributed by atoms with E-state index in [1.54, 1.807) is 19.2 Å². The average molecular weight is 413 g/mol. The van der Waals surface area contributed by atoms with Crippen LogP contribution in [-0.2, 0) is 24.3 Å². The van der Waals surface area contributed by atoms with Gasteiger partial charge in [0.2, 0.25) is 10.0 Å². The van der Waals surface area contributed by atoms with Crippen LogP contribution in [0, 0.1) is 0 Å². The molecule has 1 fully saturated rings. The van der Waals surface area contributed by atoms with E-state index in [1.165, 1.54) is 23.5 Å². The van der Waals surface area contributed by atoms with Crippen LogP contribution >= 0.6 is 0 Å². The van der Waals surface area contributed by atoms with Crippen molar-refractivity contribution >= 4 is 21.8 Å². The number of nitrogens with one attached hydrogen (secondary N) is 2. The normalized spacial score (nSPS) is 17.3. The number of sulfonamides is 1. The molecular weight excluding hydrogens is 386 g/mol. The molecule has 0 saturated carbocycles. The molecule has 0 bridgehead atoms. The maximum Gasteiger partial charge on any atom is 0.309 e. The van der Waals surface area contributed by atoms with Crippen molar-refractivity contribution < 1.29 is 27.5 Å². The Morgan fingerprint density at radius 2 is 1.82 bits per heavy atom. The van der Waals surface area contributed by atoms with E-state index in [0.717, 1.165) is 0 Å². The standard InChI is InChI=1S/C18H27N3O6S/c1-26-12-4-10-19-17(22)18(23)20-13-14-5-3-11-21(14)28(24,25)16-8-6-15(27-2)7-9-16/h6-9,14H,3-5,10-13H2,1-2H3,(H,19,22)(H,20,23)/t14-/m0/s1. The molecule has 1 aromatic carbocycles. The molecule has 0 aromatic heterocycles. The summed E-state index contributed by atoms with van der Waals surface area (Å²) in [4.78, 5) is 23.9. The number of benzene rings is 1. The predicted molar refractivity (Wildman–Crippen MR) is 102 cm³/mol. The van der Waals surface area contributed by atoms with E-state index in [1.807, 2.05) is 0 Å². The summed E-state index contributed by atoms with van der Waals surface area (Å²) in [6, 6.07) is 5.78. The number of amides is 2. The molecule has 0 aliphatic carbocycles. The second-order valence-electron chi connectivity index (χ2n) is 6.40. The third kappa shape index (κ3) is 5.66. The zero-order valence-corrected chi connectivity index (χ0v) is 17.0. The topological polar surface area (TPSA) is 114 Å². The van der Waals surface area contributed by atoms with Crippen LogP contribution in [0.15, 0.2) is 29.2 Å². The number of ether oxygens (including phenoxy) is 2. The van der Waals surface area contributed by atoms with E-state index < -0.39 is 27.9 Å². The first-order valence-electron chi connectivity index (χ1n) is 9.11. The van der Waals surface area contributed by atoms with Crippen molar-refractivity contribution in [2.75, 3.05) is 40.5 Å². The van der Waals surface area contributed by atoms with E-state index in [0.29, 0.717) is 44.7 Å². The van der Waals surface area contributed by atoms with E-state index in [-0.39, 0.29) is 11.4 Å². The molecule has 2 N–H and O–H groups in total. The van der Waals surface area contributed by atoms with Crippen molar-refractivity contribution in [2.45, 2.75) is 30.2 Å². The second kappa shape index (κ2) is 10.4. The third-order valence-corrected chi connectivity index (χ3v) is 6.47. The third-order valence-electron chi connectivity index (χ3n) is 4.50. The van der Waals surface area contributed by atoms with Crippen molar-refractivity contribution in [1.29, 1.82) is 0 Å². The molecule has 10 heteroatoms. The van der Waals surface area contributed by atoms with Crippen molar-refractivity contribution in [3.05, 3.63) is 24.3 Å². The Kier molecular flexibility index (Phi) is 8.21. The van der Waals surface area contributed by atoms with Gasteiger partial charge in [-0.15, -0.1) is 0 Å². The SMILES string of the molecule is COCCCNC(=O)C(=O)NC[C@@H]1CCCN1S(=O)(=O)c1ccc(OC)cc1. The van der Waals surface area contributed by atoms with Crippen molar-refractivity contribution in [3.63, 3.8) is 0 Å². The lowest BCUT2D eigenvalue weighted by Gasteiger charge is -2.24. The fourth-order valence-electron chi connectivity index (χ4n) is 3.00. The first-order chi connectivity index (χ1) is 13.4. The number of nitrogens with zero attached hydrogens (tertiary/aromatic N) is 1. The summed E-state index contributed by atoms with van der Waals surface area (Å²) in [5, 5.41) is 5.02. The van der Waals surface area contributed by atoms with Gasteiger partial charge in [-0.25, -0.2) is 8.42 Å². The molecular formula is C18H27N3O6S. The fourth-order valence-corrected chi connectivity index (χ4v) is 4.69. The van der Waals surface area contributed by atoms with Gasteiger partial charge in [0.05, 0.1) is 12.0 Å². The Labute approximate surface area is 165 Å². The van der Waals surface area contributed by atoms with E-state index in [2.05, 4.69) is 10.6 Å². The summed E-state index contributed by atoms with van der Waals surface area (Å²) in [7, 11) is -0.622. The molecule has 1 heterocycles. The highest BCUT2D eigenvalue weighted by Crippen LogP contribution is 2.26. The Morgan fingerprint density at radius 1 is 1.14 bits per heavy atom. The minimum atomic E-state index is -3.69. The predicted octanol–water partition coefficient (Wildman–Crippen LogP) is 0.117. The number of rotatable bonds is 9. The molecule has 1 aliphatic heterocycles. The van der Waals surface area contributed by atoms with Gasteiger partial charge < -0.3 is 20.1 Å². The second-order valence-corrected chi connectivity index (χ2v) is 8.29. The van der Waals surface area contributed by atoms with Crippen molar-refractivity contribution in [3.8, 4) is 5.75 Å². The molecule has 0 radical (unpaired) electrons. The lowest BCUT2D eigenvalue weighted by molar-refractivity contribution is -0.139. The van der Waals surface area contributed by atoms with Crippen LogP contribution in [0.1, 0.15) is 19.3 Å². The first-order valence-corrected chi connectivity index (χ1v) is 10.5. The largest absolute Gasteiger partial charge is 0.497 e. The Hall–Kier alpha value is -2.17. The highest BCUT2D eigenvalue weighted by molar-refractivity contribution is 7.89. The maximum atomic E-state index is 12.9. The summed E-state index contributed by atoms with van der Waals surface area (Å²) >= 11 is 0. The maximum absolute atomic E-state index is 12.9. The Balaban J connectivity index is 1.93. The molecule has 2 rings (SSSR count). The number of carbonyl (C=O) groups excluding carboxylic acids is 2. The lowest BCUT2D eigenvalue weighted by Crippen LogP contribution is -2.47. The summed E-state index contributed by atoms with van der Waals surface area (Å²) < 4.78 is 37.1. The smallest absolute Gasteiger partial charge is 0.309 e. The number of methoxy groups -OCH3 is 2. The van der Waals surface area contributed by atoms with Crippen LogP contribution in [-0.4, -0.2) is 71.0 Å². The lowest BCUT2D eigenvalue weighted by atomic mass is 10.2. The van der Waals surface area contributed by atoms with Gasteiger partial charge in [0.1, 0.15) is 5.75 Å². The van der Waals surface area contributed by atoms with Gasteiger partial charge in [0, 0.05) is 39.4 Å². The van der Waals surface area contributed by atoms with Crippen LogP contribution in [0.5, 0.6) is 5.75 Å². The number of hydrogen-bond donors (Lipinski definition) is 2. The van der Waals surface area contributed by atoms with Gasteiger partial charge in [-0.1, -0.05) is 0 Å². The number of hydrogen-bond acceptors (Lipinski definition) is 6. The first kappa shape index (κ1) is 22.1. The monoisotopic (exact) mass is 413 g/mol. The quantitative estimate of drug-likeness (QED) is 0.439. The molecule has 1 atom stereocenters. The van der Waals surface area contributed by atoms with Crippen LogP contribution < -0.4 is 15.4 Å². The van der Waals surface area contributed by atoms with Gasteiger partial charge >= 0.3 is 11.8 Å². The molecule has 28 heavy (non-hydrogen) atoms. The van der Waals surface area contributed by atoms with Crippen LogP contribution in [0.3, 0.4) is 0 Å². The van der Waals surface area contributed by atoms with Crippen molar-refractivity contribution in [1.82, 2.24) is 14.9 Å². The summed E-state index contributed by atoms with van der Waals surface area (Å²) in [6.07, 6.45) is 1.91. The summed E-state index contributed by atoms with van der Waals surface area (Å²) in [5.41, 5.74) is 0. The highest BCUT2D eigenvalue weighted by Gasteiger charge is 2.35. The summed E-state index contributed by atoms with van der Waals surface area (Å²) in [6.45, 7) is 1.28. The van der Waals surface area contributed by atoms with Gasteiger partial charge in [-0.3, -0.25) is 9.59 Å². The summed E-state index contributed by atoms with van der Waals surface area (Å²) in [5.74, 6) is -0.939. The highest BCUT2D eigenvalue weighted by atomic mass is 32.2. The van der Waals surface area contributed by atoms with E-state index >= 15 is 0 Å². The Morgan fingerprint density at radius 3 is 2.46 bits per heavy atom. The zero-order chi connectivity index (χ0) is 20.6. The molecule has 2 amide bonds. The average Bonchev–Trinajstić information content (AvgIpc) is 3.18. The van der Waals surface area contributed by atoms with Gasteiger partial charge in [0.25, 0.3) is 0 Å². The van der Waals surface area contributed by atoms with Crippen LogP contribution in [0.25, 0.3) is 0 Å². The van der Waals surface area contributed by atoms with E-state index in [4.69, 9.17) is 9.47 Å². The molecule has 1 aromatic rings. The van der Waals surface area contributed by atoms with E-state index in [9.17, 15) is 18.0 Å². The molecule has 1 saturated heterocycles. The molecule has 1 aliphatic rings. The Bertz CT molecular complexity index is 766. The minimum absolute atomic E-state index is 0.0830. The molecule has 9 nitrogen and oxygen atoms in total. The van der Waals surface area contributed by atoms with Crippen LogP contribution in [0.2, 0.25) is 0 Å². The van der Waals surface area contributed by atoms with Gasteiger partial charge in [0.15, 0.2) is 0 Å². The van der Waals surface area contributed by atoms with Crippen molar-refractivity contribution in [2.24, 2.45) is 0 Å². The zero-order valence-electron chi connectivity index (χ0n) is 16.1. The van der Waals surface area contributed by atoms with Crippen LogP contribution in [0.4, 0.5) is 0 Å². The molecule has 156 valence electrons. The minimum Gasteiger partial charge on any atom is -0.497 e. The fraction of sp³-hybridized carbons (Fsp3) is 0.556. The van der Waals surface area contributed by atoms with Gasteiger partial charge in [-0.05, 0) is 43.5 Å². The molecule has 0 unspecified atom stereocenters. The van der Waals surface area contributed by atoms with Gasteiger partial charge in [-0.2, -0.15) is 4.31 Å². The number of carbonyl (C=O) groups is 2. The molecule has 0 spiro atoms.